The first-order valence-electron chi connectivity index (χ1n) is 7.63. The third kappa shape index (κ3) is 4.18. The summed E-state index contributed by atoms with van der Waals surface area (Å²) in [4.78, 5) is 36.5. The van der Waals surface area contributed by atoms with E-state index in [1.807, 2.05) is 0 Å². The predicted molar refractivity (Wildman–Crippen MR) is 97.3 cm³/mol. The standard InChI is InChI=1S/C15H15N3O6S2/c19-8-10-7-12(14(24-10)17-6-5-13(20)16-15(17)21)26-25-11-3-1-9(2-4-11)18(22)23/h1-6,10,12,14,19H,7-8H2,(H,16,20,21)/t10-,12?,14+/m0/s1. The van der Waals surface area contributed by atoms with Gasteiger partial charge < -0.3 is 9.84 Å². The maximum atomic E-state index is 12.0. The van der Waals surface area contributed by atoms with Gasteiger partial charge in [-0.15, -0.1) is 0 Å². The van der Waals surface area contributed by atoms with Crippen LogP contribution in [0.25, 0.3) is 0 Å². The molecular formula is C15H15N3O6S2. The van der Waals surface area contributed by atoms with Crippen LogP contribution in [0.1, 0.15) is 12.6 Å². The van der Waals surface area contributed by atoms with E-state index in [1.54, 1.807) is 12.1 Å². The summed E-state index contributed by atoms with van der Waals surface area (Å²) in [6, 6.07) is 7.39. The molecule has 9 nitrogen and oxygen atoms in total. The Labute approximate surface area is 154 Å². The molecule has 2 aromatic rings. The number of non-ortho nitro benzene ring substituents is 1. The highest BCUT2D eigenvalue weighted by Gasteiger charge is 2.37. The Morgan fingerprint density at radius 2 is 2.04 bits per heavy atom. The number of aromatic amines is 1. The second-order valence-corrected chi connectivity index (χ2v) is 8.07. The van der Waals surface area contributed by atoms with E-state index in [0.717, 1.165) is 4.90 Å². The largest absolute Gasteiger partial charge is 0.394 e. The van der Waals surface area contributed by atoms with Crippen molar-refractivity contribution in [1.82, 2.24) is 9.55 Å². The highest BCUT2D eigenvalue weighted by Crippen LogP contribution is 2.45. The number of nitro groups is 1. The quantitative estimate of drug-likeness (QED) is 0.427. The molecule has 138 valence electrons. The first kappa shape index (κ1) is 18.7. The van der Waals surface area contributed by atoms with Gasteiger partial charge in [0.05, 0.1) is 22.9 Å². The van der Waals surface area contributed by atoms with Gasteiger partial charge in [0.15, 0.2) is 6.23 Å². The summed E-state index contributed by atoms with van der Waals surface area (Å²) in [6.45, 7) is -0.173. The number of hydrogen-bond acceptors (Lipinski definition) is 8. The average Bonchev–Trinajstić information content (AvgIpc) is 3.03. The summed E-state index contributed by atoms with van der Waals surface area (Å²) in [5.41, 5.74) is -1.05. The SMILES string of the molecule is O=c1ccn([C@@H]2O[C@H](CO)CC2SSc2ccc([N+](=O)[O-])cc2)c(=O)[nH]1. The van der Waals surface area contributed by atoms with Crippen LogP contribution in [0.5, 0.6) is 0 Å². The third-order valence-corrected chi connectivity index (χ3v) is 6.63. The van der Waals surface area contributed by atoms with Gasteiger partial charge in [-0.1, -0.05) is 21.6 Å². The smallest absolute Gasteiger partial charge is 0.330 e. The second-order valence-electron chi connectivity index (χ2n) is 5.55. The normalized spacial score (nSPS) is 22.4. The summed E-state index contributed by atoms with van der Waals surface area (Å²) < 4.78 is 7.03. The van der Waals surface area contributed by atoms with E-state index >= 15 is 0 Å². The molecule has 2 N–H and O–H groups in total. The number of nitrogens with zero attached hydrogens (tertiary/aromatic N) is 2. The van der Waals surface area contributed by atoms with Crippen molar-refractivity contribution in [1.29, 1.82) is 0 Å². The molecule has 0 aliphatic carbocycles. The van der Waals surface area contributed by atoms with Crippen molar-refractivity contribution in [2.24, 2.45) is 0 Å². The van der Waals surface area contributed by atoms with Crippen LogP contribution in [0.2, 0.25) is 0 Å². The van der Waals surface area contributed by atoms with E-state index in [2.05, 4.69) is 4.98 Å². The van der Waals surface area contributed by atoms with Gasteiger partial charge in [0.25, 0.3) is 11.2 Å². The van der Waals surface area contributed by atoms with Crippen molar-refractivity contribution >= 4 is 27.3 Å². The number of aliphatic hydroxyl groups excluding tert-OH is 1. The molecule has 0 radical (unpaired) electrons. The molecular weight excluding hydrogens is 382 g/mol. The van der Waals surface area contributed by atoms with Gasteiger partial charge in [-0.2, -0.15) is 0 Å². The molecule has 11 heteroatoms. The van der Waals surface area contributed by atoms with Gasteiger partial charge in [0, 0.05) is 29.3 Å². The fraction of sp³-hybridized carbons (Fsp3) is 0.333. The Morgan fingerprint density at radius 3 is 2.65 bits per heavy atom. The first-order chi connectivity index (χ1) is 12.5. The van der Waals surface area contributed by atoms with Crippen molar-refractivity contribution in [3.63, 3.8) is 0 Å². The molecule has 0 amide bonds. The van der Waals surface area contributed by atoms with Crippen LogP contribution >= 0.6 is 21.6 Å². The predicted octanol–water partition coefficient (Wildman–Crippen LogP) is 1.53. The van der Waals surface area contributed by atoms with Crippen LogP contribution in [0.4, 0.5) is 5.69 Å². The summed E-state index contributed by atoms with van der Waals surface area (Å²) >= 11 is 0. The van der Waals surface area contributed by atoms with E-state index in [9.17, 15) is 24.8 Å². The number of nitro benzene ring substituents is 1. The number of benzene rings is 1. The molecule has 1 unspecified atom stereocenters. The molecule has 1 fully saturated rings. The highest BCUT2D eigenvalue weighted by atomic mass is 33.1. The van der Waals surface area contributed by atoms with E-state index in [0.29, 0.717) is 6.42 Å². The lowest BCUT2D eigenvalue weighted by atomic mass is 10.2. The van der Waals surface area contributed by atoms with Gasteiger partial charge >= 0.3 is 5.69 Å². The molecule has 2 heterocycles. The van der Waals surface area contributed by atoms with Gasteiger partial charge in [-0.05, 0) is 18.6 Å². The van der Waals surface area contributed by atoms with Gasteiger partial charge in [0.2, 0.25) is 0 Å². The van der Waals surface area contributed by atoms with Crippen molar-refractivity contribution < 1.29 is 14.8 Å². The van der Waals surface area contributed by atoms with Crippen LogP contribution in [0.15, 0.2) is 51.0 Å². The molecule has 0 saturated carbocycles. The number of nitrogens with one attached hydrogen (secondary N) is 1. The average molecular weight is 397 g/mol. The van der Waals surface area contributed by atoms with Crippen LogP contribution < -0.4 is 11.2 Å². The van der Waals surface area contributed by atoms with E-state index in [1.165, 1.54) is 50.6 Å². The number of H-pyrrole nitrogens is 1. The minimum absolute atomic E-state index is 0.0153. The van der Waals surface area contributed by atoms with Crippen molar-refractivity contribution in [3.8, 4) is 0 Å². The molecule has 1 saturated heterocycles. The van der Waals surface area contributed by atoms with E-state index in [4.69, 9.17) is 4.74 Å². The monoisotopic (exact) mass is 397 g/mol. The fourth-order valence-electron chi connectivity index (χ4n) is 2.53. The van der Waals surface area contributed by atoms with Gasteiger partial charge in [-0.25, -0.2) is 4.79 Å². The molecule has 3 rings (SSSR count). The van der Waals surface area contributed by atoms with Crippen molar-refractivity contribution in [3.05, 3.63) is 67.5 Å². The second kappa shape index (κ2) is 8.08. The maximum absolute atomic E-state index is 12.0. The number of aromatic nitrogens is 2. The third-order valence-electron chi connectivity index (χ3n) is 3.79. The first-order valence-corrected chi connectivity index (χ1v) is 9.85. The van der Waals surface area contributed by atoms with Crippen LogP contribution in [-0.4, -0.2) is 37.5 Å². The summed E-state index contributed by atoms with van der Waals surface area (Å²) in [5, 5.41) is 19.9. The molecule has 3 atom stereocenters. The Balaban J connectivity index is 1.74. The van der Waals surface area contributed by atoms with Crippen LogP contribution in [0.3, 0.4) is 0 Å². The molecule has 1 aromatic carbocycles. The number of rotatable bonds is 6. The van der Waals surface area contributed by atoms with Crippen LogP contribution in [-0.2, 0) is 4.74 Å². The lowest BCUT2D eigenvalue weighted by Crippen LogP contribution is -2.34. The zero-order valence-corrected chi connectivity index (χ0v) is 14.9. The number of aliphatic hydroxyl groups is 1. The molecule has 1 aliphatic heterocycles. The fourth-order valence-corrected chi connectivity index (χ4v) is 5.16. The lowest BCUT2D eigenvalue weighted by Gasteiger charge is -2.19. The van der Waals surface area contributed by atoms with E-state index in [-0.39, 0.29) is 17.5 Å². The Kier molecular flexibility index (Phi) is 5.81. The summed E-state index contributed by atoms with van der Waals surface area (Å²) in [5.74, 6) is 0. The van der Waals surface area contributed by atoms with E-state index < -0.39 is 28.5 Å². The zero-order chi connectivity index (χ0) is 18.7. The molecule has 26 heavy (non-hydrogen) atoms. The Morgan fingerprint density at radius 1 is 1.31 bits per heavy atom. The Hall–Kier alpha value is -2.08. The number of ether oxygens (including phenoxy) is 1. The van der Waals surface area contributed by atoms with Gasteiger partial charge in [0.1, 0.15) is 0 Å². The molecule has 1 aromatic heterocycles. The topological polar surface area (TPSA) is 127 Å². The summed E-state index contributed by atoms with van der Waals surface area (Å²) in [7, 11) is 2.85. The highest BCUT2D eigenvalue weighted by molar-refractivity contribution is 8.77. The molecule has 0 bridgehead atoms. The van der Waals surface area contributed by atoms with Crippen LogP contribution in [0, 0.1) is 10.1 Å². The number of hydrogen-bond donors (Lipinski definition) is 2. The minimum Gasteiger partial charge on any atom is -0.394 e. The Bertz CT molecular complexity index is 897. The zero-order valence-electron chi connectivity index (χ0n) is 13.3. The van der Waals surface area contributed by atoms with Crippen molar-refractivity contribution in [2.45, 2.75) is 28.9 Å². The summed E-state index contributed by atoms with van der Waals surface area (Å²) in [6.07, 6.45) is 0.855. The minimum atomic E-state index is -0.632. The molecule has 0 spiro atoms. The lowest BCUT2D eigenvalue weighted by molar-refractivity contribution is -0.384. The van der Waals surface area contributed by atoms with Gasteiger partial charge in [-0.3, -0.25) is 24.5 Å². The van der Waals surface area contributed by atoms with Crippen molar-refractivity contribution in [2.75, 3.05) is 6.61 Å². The molecule has 1 aliphatic rings. The maximum Gasteiger partial charge on any atom is 0.330 e.